The van der Waals surface area contributed by atoms with Gasteiger partial charge >= 0.3 is 0 Å². The summed E-state index contributed by atoms with van der Waals surface area (Å²) in [5, 5.41) is 14.3. The maximum atomic E-state index is 10.8. The van der Waals surface area contributed by atoms with E-state index in [1.165, 1.54) is 25.1 Å². The highest BCUT2D eigenvalue weighted by Gasteiger charge is 2.21. The molecule has 0 amide bonds. The van der Waals surface area contributed by atoms with Gasteiger partial charge in [0, 0.05) is 25.2 Å². The number of aromatic nitrogens is 1. The van der Waals surface area contributed by atoms with E-state index in [1.54, 1.807) is 0 Å². The first-order valence-electron chi connectivity index (χ1n) is 7.40. The molecule has 0 aliphatic carbocycles. The van der Waals surface area contributed by atoms with Gasteiger partial charge in [0.25, 0.3) is 5.69 Å². The number of unbranched alkanes of at least 4 members (excludes halogenated alkanes) is 1. The van der Waals surface area contributed by atoms with E-state index in [9.17, 15) is 10.1 Å². The van der Waals surface area contributed by atoms with Gasteiger partial charge in [0.1, 0.15) is 12.0 Å². The van der Waals surface area contributed by atoms with E-state index in [4.69, 9.17) is 0 Å². The van der Waals surface area contributed by atoms with Gasteiger partial charge in [0.05, 0.1) is 9.40 Å². The average molecular weight is 357 g/mol. The molecular weight excluding hydrogens is 336 g/mol. The van der Waals surface area contributed by atoms with Gasteiger partial charge in [-0.2, -0.15) is 0 Å². The number of rotatable bonds is 7. The molecule has 1 aliphatic rings. The van der Waals surface area contributed by atoms with Crippen LogP contribution in [0.4, 0.5) is 11.5 Å². The van der Waals surface area contributed by atoms with Crippen molar-refractivity contribution in [1.29, 1.82) is 0 Å². The summed E-state index contributed by atoms with van der Waals surface area (Å²) >= 11 is 3.43. The minimum atomic E-state index is -0.420. The van der Waals surface area contributed by atoms with Crippen molar-refractivity contribution >= 4 is 27.4 Å². The highest BCUT2D eigenvalue weighted by atomic mass is 79.9. The lowest BCUT2D eigenvalue weighted by atomic mass is 10.2. The zero-order chi connectivity index (χ0) is 15.2. The van der Waals surface area contributed by atoms with E-state index < -0.39 is 4.92 Å². The first-order chi connectivity index (χ1) is 10.1. The van der Waals surface area contributed by atoms with Crippen LogP contribution in [-0.4, -0.2) is 35.6 Å². The Hall–Kier alpha value is -1.21. The van der Waals surface area contributed by atoms with Gasteiger partial charge in [-0.1, -0.05) is 13.3 Å². The fraction of sp³-hybridized carbons (Fsp3) is 0.643. The van der Waals surface area contributed by atoms with E-state index in [-0.39, 0.29) is 5.69 Å². The summed E-state index contributed by atoms with van der Waals surface area (Å²) in [6, 6.07) is 2.01. The van der Waals surface area contributed by atoms with Crippen LogP contribution in [0.2, 0.25) is 0 Å². The van der Waals surface area contributed by atoms with Crippen LogP contribution < -0.4 is 10.2 Å². The largest absolute Gasteiger partial charge is 0.354 e. The summed E-state index contributed by atoms with van der Waals surface area (Å²) < 4.78 is 0.686. The Balaban J connectivity index is 2.16. The van der Waals surface area contributed by atoms with Crippen molar-refractivity contribution < 1.29 is 4.92 Å². The van der Waals surface area contributed by atoms with Crippen molar-refractivity contribution in [1.82, 2.24) is 10.3 Å². The predicted octanol–water partition coefficient (Wildman–Crippen LogP) is 3.11. The Bertz CT molecular complexity index is 492. The molecule has 1 unspecified atom stereocenters. The molecule has 21 heavy (non-hydrogen) atoms. The second-order valence-electron chi connectivity index (χ2n) is 5.35. The van der Waals surface area contributed by atoms with Crippen LogP contribution in [-0.2, 0) is 0 Å². The van der Waals surface area contributed by atoms with Crippen molar-refractivity contribution in [3.8, 4) is 0 Å². The monoisotopic (exact) mass is 356 g/mol. The van der Waals surface area contributed by atoms with Crippen molar-refractivity contribution in [3.05, 3.63) is 26.9 Å². The molecule has 1 atom stereocenters. The number of nitrogens with one attached hydrogen (secondary N) is 1. The third-order valence-electron chi connectivity index (χ3n) is 3.70. The molecule has 0 saturated carbocycles. The molecule has 2 rings (SSSR count). The van der Waals surface area contributed by atoms with E-state index in [0.29, 0.717) is 10.5 Å². The van der Waals surface area contributed by atoms with E-state index >= 15 is 0 Å². The Morgan fingerprint density at radius 1 is 1.62 bits per heavy atom. The average Bonchev–Trinajstić information content (AvgIpc) is 2.96. The lowest BCUT2D eigenvalue weighted by molar-refractivity contribution is -0.385. The van der Waals surface area contributed by atoms with E-state index in [0.717, 1.165) is 38.3 Å². The van der Waals surface area contributed by atoms with Gasteiger partial charge in [-0.15, -0.1) is 0 Å². The van der Waals surface area contributed by atoms with Gasteiger partial charge in [-0.25, -0.2) is 4.98 Å². The van der Waals surface area contributed by atoms with Crippen LogP contribution in [0.5, 0.6) is 0 Å². The SMILES string of the molecule is CCCCN(CC1CCCN1)c1ncc([N+](=O)[O-])cc1Br. The van der Waals surface area contributed by atoms with E-state index in [1.807, 2.05) is 0 Å². The minimum Gasteiger partial charge on any atom is -0.354 e. The number of pyridine rings is 1. The van der Waals surface area contributed by atoms with Crippen LogP contribution in [0.25, 0.3) is 0 Å². The first kappa shape index (κ1) is 16.2. The van der Waals surface area contributed by atoms with Gasteiger partial charge in [0.2, 0.25) is 0 Å². The van der Waals surface area contributed by atoms with Crippen LogP contribution in [0.15, 0.2) is 16.7 Å². The number of nitro groups is 1. The third-order valence-corrected chi connectivity index (χ3v) is 4.29. The van der Waals surface area contributed by atoms with Gasteiger partial charge in [-0.3, -0.25) is 10.1 Å². The summed E-state index contributed by atoms with van der Waals surface area (Å²) in [6.45, 7) is 5.03. The molecule has 1 aliphatic heterocycles. The smallest absolute Gasteiger partial charge is 0.288 e. The first-order valence-corrected chi connectivity index (χ1v) is 8.19. The van der Waals surface area contributed by atoms with Gasteiger partial charge in [-0.05, 0) is 41.7 Å². The summed E-state index contributed by atoms with van der Waals surface area (Å²) in [6.07, 6.45) is 5.91. The Labute approximate surface area is 133 Å². The molecule has 0 spiro atoms. The van der Waals surface area contributed by atoms with Crippen molar-refractivity contribution in [2.24, 2.45) is 0 Å². The van der Waals surface area contributed by atoms with E-state index in [2.05, 4.69) is 38.1 Å². The molecule has 116 valence electrons. The Morgan fingerprint density at radius 3 is 3.00 bits per heavy atom. The summed E-state index contributed by atoms with van der Waals surface area (Å²) in [7, 11) is 0. The summed E-state index contributed by atoms with van der Waals surface area (Å²) in [4.78, 5) is 16.9. The van der Waals surface area contributed by atoms with Crippen molar-refractivity contribution in [3.63, 3.8) is 0 Å². The minimum absolute atomic E-state index is 0.0139. The zero-order valence-corrected chi connectivity index (χ0v) is 13.8. The molecular formula is C14H21BrN4O2. The Morgan fingerprint density at radius 2 is 2.43 bits per heavy atom. The maximum Gasteiger partial charge on any atom is 0.288 e. The molecule has 1 aromatic rings. The molecule has 0 bridgehead atoms. The molecule has 1 N–H and O–H groups in total. The molecule has 0 aromatic carbocycles. The van der Waals surface area contributed by atoms with Crippen LogP contribution in [0.1, 0.15) is 32.6 Å². The molecule has 6 nitrogen and oxygen atoms in total. The molecule has 2 heterocycles. The fourth-order valence-electron chi connectivity index (χ4n) is 2.56. The summed E-state index contributed by atoms with van der Waals surface area (Å²) in [5.41, 5.74) is 0.0139. The molecule has 1 saturated heterocycles. The van der Waals surface area contributed by atoms with Crippen molar-refractivity contribution in [2.45, 2.75) is 38.6 Å². The predicted molar refractivity (Wildman–Crippen MR) is 86.7 cm³/mol. The van der Waals surface area contributed by atoms with Gasteiger partial charge in [0.15, 0.2) is 0 Å². The third kappa shape index (κ3) is 4.38. The quantitative estimate of drug-likeness (QED) is 0.600. The molecule has 1 fully saturated rings. The number of hydrogen-bond acceptors (Lipinski definition) is 5. The van der Waals surface area contributed by atoms with Gasteiger partial charge < -0.3 is 10.2 Å². The zero-order valence-electron chi connectivity index (χ0n) is 12.2. The second kappa shape index (κ2) is 7.70. The van der Waals surface area contributed by atoms with Crippen LogP contribution in [0, 0.1) is 10.1 Å². The highest BCUT2D eigenvalue weighted by molar-refractivity contribution is 9.10. The number of nitrogens with zero attached hydrogens (tertiary/aromatic N) is 3. The second-order valence-corrected chi connectivity index (χ2v) is 6.20. The summed E-state index contributed by atoms with van der Waals surface area (Å²) in [5.74, 6) is 0.794. The van der Waals surface area contributed by atoms with Crippen LogP contribution in [0.3, 0.4) is 0 Å². The fourth-order valence-corrected chi connectivity index (χ4v) is 3.15. The lowest BCUT2D eigenvalue weighted by Crippen LogP contribution is -2.38. The number of anilines is 1. The molecule has 0 radical (unpaired) electrons. The maximum absolute atomic E-state index is 10.8. The Kier molecular flexibility index (Phi) is 5.93. The number of halogens is 1. The normalized spacial score (nSPS) is 17.9. The topological polar surface area (TPSA) is 71.3 Å². The van der Waals surface area contributed by atoms with Crippen molar-refractivity contribution in [2.75, 3.05) is 24.5 Å². The molecule has 7 heteroatoms. The lowest BCUT2D eigenvalue weighted by Gasteiger charge is -2.27. The van der Waals surface area contributed by atoms with Crippen LogP contribution >= 0.6 is 15.9 Å². The number of hydrogen-bond donors (Lipinski definition) is 1. The standard InChI is InChI=1S/C14H21BrN4O2/c1-2-3-7-18(10-11-5-4-6-16-11)14-13(15)8-12(9-17-14)19(20)21/h8-9,11,16H,2-7,10H2,1H3. The molecule has 1 aromatic heterocycles. The highest BCUT2D eigenvalue weighted by Crippen LogP contribution is 2.28.